The van der Waals surface area contributed by atoms with Gasteiger partial charge in [0.1, 0.15) is 0 Å². The number of rotatable bonds is 6. The summed E-state index contributed by atoms with van der Waals surface area (Å²) in [7, 11) is -3.59. The monoisotopic (exact) mass is 357 g/mol. The average molecular weight is 358 g/mol. The Labute approximate surface area is 152 Å². The molecule has 0 saturated heterocycles. The lowest BCUT2D eigenvalue weighted by Crippen LogP contribution is -2.37. The van der Waals surface area contributed by atoms with Crippen LogP contribution in [0.2, 0.25) is 0 Å². The number of nitrogens with zero attached hydrogens (tertiary/aromatic N) is 1. The molecule has 1 aromatic carbocycles. The predicted molar refractivity (Wildman–Crippen MR) is 103 cm³/mol. The third-order valence-electron chi connectivity index (χ3n) is 4.48. The Bertz CT molecular complexity index is 785. The summed E-state index contributed by atoms with van der Waals surface area (Å²) in [5, 5.41) is 0. The van der Waals surface area contributed by atoms with E-state index in [1.807, 2.05) is 32.1 Å². The highest BCUT2D eigenvalue weighted by atomic mass is 32.2. The van der Waals surface area contributed by atoms with Gasteiger partial charge in [0, 0.05) is 12.6 Å². The molecule has 1 fully saturated rings. The first-order chi connectivity index (χ1) is 11.9. The van der Waals surface area contributed by atoms with E-state index >= 15 is 0 Å². The molecule has 0 amide bonds. The zero-order valence-corrected chi connectivity index (χ0v) is 16.0. The Morgan fingerprint density at radius 3 is 2.44 bits per heavy atom. The van der Waals surface area contributed by atoms with E-state index in [0.717, 1.165) is 18.4 Å². The topological polar surface area (TPSA) is 37.4 Å². The van der Waals surface area contributed by atoms with Gasteiger partial charge in [-0.05, 0) is 69.4 Å². The molecule has 0 bridgehead atoms. The van der Waals surface area contributed by atoms with Crippen LogP contribution in [-0.4, -0.2) is 25.3 Å². The minimum atomic E-state index is -3.59. The maximum atomic E-state index is 13.0. The summed E-state index contributed by atoms with van der Waals surface area (Å²) in [5.41, 5.74) is 8.35. The Hall–Kier alpha value is -1.83. The number of hydrogen-bond acceptors (Lipinski definition) is 2. The predicted octanol–water partition coefficient (Wildman–Crippen LogP) is 4.76. The molecule has 3 nitrogen and oxygen atoms in total. The molecule has 0 aliphatic heterocycles. The molecule has 25 heavy (non-hydrogen) atoms. The van der Waals surface area contributed by atoms with Crippen LogP contribution in [0.5, 0.6) is 0 Å². The highest BCUT2D eigenvalue weighted by Crippen LogP contribution is 2.22. The van der Waals surface area contributed by atoms with E-state index in [9.17, 15) is 8.42 Å². The van der Waals surface area contributed by atoms with Gasteiger partial charge in [-0.15, -0.1) is 11.5 Å². The molecule has 134 valence electrons. The Morgan fingerprint density at radius 2 is 1.84 bits per heavy atom. The molecule has 0 spiro atoms. The van der Waals surface area contributed by atoms with E-state index < -0.39 is 10.0 Å². The quantitative estimate of drug-likeness (QED) is 0.688. The van der Waals surface area contributed by atoms with Gasteiger partial charge in [0.2, 0.25) is 10.0 Å². The smallest absolute Gasteiger partial charge is 0.207 e. The van der Waals surface area contributed by atoms with E-state index in [0.29, 0.717) is 11.4 Å². The summed E-state index contributed by atoms with van der Waals surface area (Å²) in [5.74, 6) is 0. The SMILES string of the molecule is C=C=CC(C)N(CC=C=C1CCCCC1)S(=O)(=O)c1ccc(C)cc1. The number of sulfonamides is 1. The van der Waals surface area contributed by atoms with Crippen molar-refractivity contribution in [2.45, 2.75) is 56.9 Å². The first-order valence-corrected chi connectivity index (χ1v) is 10.3. The highest BCUT2D eigenvalue weighted by molar-refractivity contribution is 7.89. The van der Waals surface area contributed by atoms with Gasteiger partial charge in [-0.25, -0.2) is 8.42 Å². The first-order valence-electron chi connectivity index (χ1n) is 8.82. The zero-order valence-electron chi connectivity index (χ0n) is 15.2. The van der Waals surface area contributed by atoms with Crippen molar-refractivity contribution in [3.8, 4) is 0 Å². The molecule has 0 heterocycles. The second kappa shape index (κ2) is 9.03. The Kier molecular flexibility index (Phi) is 7.04. The normalized spacial score (nSPS) is 16.0. The fourth-order valence-corrected chi connectivity index (χ4v) is 4.51. The molecule has 2 rings (SSSR count). The third kappa shape index (κ3) is 5.32. The largest absolute Gasteiger partial charge is 0.243 e. The van der Waals surface area contributed by atoms with Crippen molar-refractivity contribution in [3.05, 3.63) is 65.6 Å². The molecule has 0 N–H and O–H groups in total. The average Bonchev–Trinajstić information content (AvgIpc) is 2.60. The van der Waals surface area contributed by atoms with Gasteiger partial charge in [0.15, 0.2) is 0 Å². The van der Waals surface area contributed by atoms with E-state index in [2.05, 4.69) is 18.0 Å². The van der Waals surface area contributed by atoms with Crippen molar-refractivity contribution in [2.24, 2.45) is 0 Å². The van der Waals surface area contributed by atoms with Crippen molar-refractivity contribution in [1.82, 2.24) is 4.31 Å². The standard InChI is InChI=1S/C21H27NO2S/c1-4-9-19(3)22(17-8-12-20-10-6-5-7-11-20)25(23,24)21-15-13-18(2)14-16-21/h8-9,13-16,19H,1,5-7,10-11,17H2,2-3H3. The van der Waals surface area contributed by atoms with Gasteiger partial charge in [-0.1, -0.05) is 30.7 Å². The number of hydrogen-bond donors (Lipinski definition) is 0. The molecule has 4 heteroatoms. The van der Waals surface area contributed by atoms with Crippen LogP contribution in [0.1, 0.15) is 44.6 Å². The number of aryl methyl sites for hydroxylation is 1. The van der Waals surface area contributed by atoms with Crippen LogP contribution in [0.3, 0.4) is 0 Å². The van der Waals surface area contributed by atoms with Gasteiger partial charge in [-0.3, -0.25) is 0 Å². The molecule has 1 saturated carbocycles. The minimum Gasteiger partial charge on any atom is -0.207 e. The van der Waals surface area contributed by atoms with E-state index in [1.165, 1.54) is 29.1 Å². The summed E-state index contributed by atoms with van der Waals surface area (Å²) >= 11 is 0. The van der Waals surface area contributed by atoms with E-state index in [1.54, 1.807) is 18.2 Å². The maximum Gasteiger partial charge on any atom is 0.243 e. The molecular formula is C21H27NO2S. The number of benzene rings is 1. The molecule has 1 aliphatic rings. The zero-order chi connectivity index (χ0) is 18.3. The van der Waals surface area contributed by atoms with Gasteiger partial charge >= 0.3 is 0 Å². The van der Waals surface area contributed by atoms with Crippen LogP contribution in [0.4, 0.5) is 0 Å². The van der Waals surface area contributed by atoms with Gasteiger partial charge in [0.05, 0.1) is 4.90 Å². The van der Waals surface area contributed by atoms with E-state index in [-0.39, 0.29) is 6.04 Å². The lowest BCUT2D eigenvalue weighted by molar-refractivity contribution is 0.408. The van der Waals surface area contributed by atoms with Crippen LogP contribution in [-0.2, 0) is 10.0 Å². The van der Waals surface area contributed by atoms with Crippen LogP contribution in [0.25, 0.3) is 0 Å². The van der Waals surface area contributed by atoms with Crippen molar-refractivity contribution in [2.75, 3.05) is 6.54 Å². The summed E-state index contributed by atoms with van der Waals surface area (Å²) in [6.07, 6.45) is 9.36. The highest BCUT2D eigenvalue weighted by Gasteiger charge is 2.27. The van der Waals surface area contributed by atoms with Gasteiger partial charge in [-0.2, -0.15) is 4.31 Å². The van der Waals surface area contributed by atoms with E-state index in [4.69, 9.17) is 0 Å². The van der Waals surface area contributed by atoms with Crippen molar-refractivity contribution >= 4 is 10.0 Å². The van der Waals surface area contributed by atoms with Crippen LogP contribution < -0.4 is 0 Å². The lowest BCUT2D eigenvalue weighted by atomic mass is 9.96. The molecule has 0 aromatic heterocycles. The molecule has 1 atom stereocenters. The fourth-order valence-electron chi connectivity index (χ4n) is 2.99. The molecular weight excluding hydrogens is 330 g/mol. The molecule has 1 aliphatic carbocycles. The Morgan fingerprint density at radius 1 is 1.20 bits per heavy atom. The lowest BCUT2D eigenvalue weighted by Gasteiger charge is -2.24. The van der Waals surface area contributed by atoms with Crippen LogP contribution in [0, 0.1) is 6.92 Å². The van der Waals surface area contributed by atoms with Gasteiger partial charge in [0.25, 0.3) is 0 Å². The maximum absolute atomic E-state index is 13.0. The van der Waals surface area contributed by atoms with Crippen LogP contribution in [0.15, 0.2) is 64.9 Å². The first kappa shape index (κ1) is 19.5. The minimum absolute atomic E-state index is 0.291. The molecule has 1 aromatic rings. The van der Waals surface area contributed by atoms with Crippen molar-refractivity contribution in [3.63, 3.8) is 0 Å². The second-order valence-corrected chi connectivity index (χ2v) is 8.40. The molecule has 0 radical (unpaired) electrons. The summed E-state index contributed by atoms with van der Waals surface area (Å²) in [4.78, 5) is 0.307. The van der Waals surface area contributed by atoms with Crippen molar-refractivity contribution < 1.29 is 8.42 Å². The molecule has 1 unspecified atom stereocenters. The summed E-state index contributed by atoms with van der Waals surface area (Å²) in [6.45, 7) is 7.64. The second-order valence-electron chi connectivity index (χ2n) is 6.51. The summed E-state index contributed by atoms with van der Waals surface area (Å²) < 4.78 is 27.6. The fraction of sp³-hybridized carbons (Fsp3) is 0.429. The Balaban J connectivity index is 2.30. The summed E-state index contributed by atoms with van der Waals surface area (Å²) in [6, 6.07) is 6.63. The third-order valence-corrected chi connectivity index (χ3v) is 6.44. The van der Waals surface area contributed by atoms with Crippen molar-refractivity contribution in [1.29, 1.82) is 0 Å². The van der Waals surface area contributed by atoms with Crippen LogP contribution >= 0.6 is 0 Å². The van der Waals surface area contributed by atoms with Gasteiger partial charge < -0.3 is 0 Å².